The Morgan fingerprint density at radius 2 is 1.79 bits per heavy atom. The first-order valence-corrected chi connectivity index (χ1v) is 6.46. The van der Waals surface area contributed by atoms with E-state index in [1.807, 2.05) is 37.4 Å². The molecule has 4 nitrogen and oxygen atoms in total. The lowest BCUT2D eigenvalue weighted by Gasteiger charge is -2.18. The van der Waals surface area contributed by atoms with Gasteiger partial charge in [-0.25, -0.2) is 0 Å². The van der Waals surface area contributed by atoms with Gasteiger partial charge in [-0.05, 0) is 36.9 Å². The minimum Gasteiger partial charge on any atom is -0.486 e. The van der Waals surface area contributed by atoms with Gasteiger partial charge in [0.25, 0.3) is 0 Å². The van der Waals surface area contributed by atoms with E-state index in [2.05, 4.69) is 5.32 Å². The zero-order chi connectivity index (χ0) is 13.1. The van der Waals surface area contributed by atoms with Gasteiger partial charge in [0.05, 0.1) is 6.54 Å². The monoisotopic (exact) mass is 259 g/mol. The highest BCUT2D eigenvalue weighted by Crippen LogP contribution is 2.31. The van der Waals surface area contributed by atoms with Crippen molar-refractivity contribution in [1.82, 2.24) is 5.32 Å². The number of furan rings is 1. The molecule has 2 heterocycles. The quantitative estimate of drug-likeness (QED) is 0.915. The molecule has 0 radical (unpaired) electrons. The van der Waals surface area contributed by atoms with E-state index >= 15 is 0 Å². The predicted molar refractivity (Wildman–Crippen MR) is 71.7 cm³/mol. The third-order valence-corrected chi connectivity index (χ3v) is 3.05. The van der Waals surface area contributed by atoms with Gasteiger partial charge in [0.2, 0.25) is 0 Å². The molecular formula is C15H17NO3. The molecule has 19 heavy (non-hydrogen) atoms. The number of hydrogen-bond acceptors (Lipinski definition) is 4. The van der Waals surface area contributed by atoms with Gasteiger partial charge in [-0.1, -0.05) is 6.07 Å². The van der Waals surface area contributed by atoms with E-state index in [0.29, 0.717) is 13.2 Å². The van der Waals surface area contributed by atoms with Crippen LogP contribution in [0.5, 0.6) is 11.5 Å². The third kappa shape index (κ3) is 2.74. The van der Waals surface area contributed by atoms with Crippen LogP contribution in [0.3, 0.4) is 0 Å². The second kappa shape index (κ2) is 5.36. The molecule has 100 valence electrons. The van der Waals surface area contributed by atoms with E-state index in [0.717, 1.165) is 41.5 Å². The molecule has 2 aromatic rings. The molecule has 1 aliphatic heterocycles. The number of benzene rings is 1. The van der Waals surface area contributed by atoms with Crippen molar-refractivity contribution in [2.24, 2.45) is 0 Å². The number of hydrogen-bond donors (Lipinski definition) is 1. The summed E-state index contributed by atoms with van der Waals surface area (Å²) in [4.78, 5) is 0. The summed E-state index contributed by atoms with van der Waals surface area (Å²) >= 11 is 0. The minimum absolute atomic E-state index is 0.615. The van der Waals surface area contributed by atoms with Crippen LogP contribution in [0.4, 0.5) is 0 Å². The van der Waals surface area contributed by atoms with E-state index in [-0.39, 0.29) is 0 Å². The molecule has 0 atom stereocenters. The molecule has 0 amide bonds. The van der Waals surface area contributed by atoms with Crippen LogP contribution in [0.15, 0.2) is 34.7 Å². The lowest BCUT2D eigenvalue weighted by atomic mass is 10.1. The number of nitrogens with one attached hydrogen (secondary N) is 1. The second-order valence-electron chi connectivity index (χ2n) is 4.55. The van der Waals surface area contributed by atoms with Crippen molar-refractivity contribution in [3.8, 4) is 11.5 Å². The van der Waals surface area contributed by atoms with E-state index in [4.69, 9.17) is 13.9 Å². The minimum atomic E-state index is 0.615. The maximum Gasteiger partial charge on any atom is 0.161 e. The largest absolute Gasteiger partial charge is 0.486 e. The van der Waals surface area contributed by atoms with Crippen LogP contribution in [-0.4, -0.2) is 20.3 Å². The molecule has 3 rings (SSSR count). The molecule has 0 saturated heterocycles. The van der Waals surface area contributed by atoms with Gasteiger partial charge in [0.1, 0.15) is 24.7 Å². The highest BCUT2D eigenvalue weighted by Gasteiger charge is 2.12. The third-order valence-electron chi connectivity index (χ3n) is 3.05. The first-order valence-electron chi connectivity index (χ1n) is 6.46. The maximum atomic E-state index is 5.74. The van der Waals surface area contributed by atoms with Crippen molar-refractivity contribution in [1.29, 1.82) is 0 Å². The van der Waals surface area contributed by atoms with Crippen molar-refractivity contribution in [3.63, 3.8) is 0 Å². The first-order chi connectivity index (χ1) is 9.35. The molecule has 0 spiro atoms. The SMILES string of the molecule is CNCc1ccc(Cc2ccc3c(c2)OCCO3)o1. The molecular weight excluding hydrogens is 242 g/mol. The molecule has 0 saturated carbocycles. The smallest absolute Gasteiger partial charge is 0.161 e. The topological polar surface area (TPSA) is 43.6 Å². The summed E-state index contributed by atoms with van der Waals surface area (Å²) in [6, 6.07) is 10.1. The highest BCUT2D eigenvalue weighted by atomic mass is 16.6. The standard InChI is InChI=1S/C15H17NO3/c1-16-10-13-4-3-12(19-13)8-11-2-5-14-15(9-11)18-7-6-17-14/h2-5,9,16H,6-8,10H2,1H3. The van der Waals surface area contributed by atoms with Crippen LogP contribution in [0.25, 0.3) is 0 Å². The molecule has 1 aromatic carbocycles. The molecule has 0 unspecified atom stereocenters. The van der Waals surface area contributed by atoms with Crippen LogP contribution in [0.1, 0.15) is 17.1 Å². The van der Waals surface area contributed by atoms with Gasteiger partial charge < -0.3 is 19.2 Å². The van der Waals surface area contributed by atoms with Gasteiger partial charge in [0.15, 0.2) is 11.5 Å². The Bertz CT molecular complexity index is 562. The summed E-state index contributed by atoms with van der Waals surface area (Å²) in [5, 5.41) is 3.07. The van der Waals surface area contributed by atoms with Crippen molar-refractivity contribution in [2.75, 3.05) is 20.3 Å². The van der Waals surface area contributed by atoms with Crippen molar-refractivity contribution in [2.45, 2.75) is 13.0 Å². The van der Waals surface area contributed by atoms with Crippen molar-refractivity contribution < 1.29 is 13.9 Å². The zero-order valence-electron chi connectivity index (χ0n) is 10.9. The van der Waals surface area contributed by atoms with Crippen LogP contribution in [0.2, 0.25) is 0 Å². The Morgan fingerprint density at radius 1 is 1.00 bits per heavy atom. The first kappa shape index (κ1) is 12.1. The lowest BCUT2D eigenvalue weighted by Crippen LogP contribution is -2.15. The van der Waals surface area contributed by atoms with Crippen LogP contribution < -0.4 is 14.8 Å². The fraction of sp³-hybridized carbons (Fsp3) is 0.333. The Balaban J connectivity index is 1.75. The lowest BCUT2D eigenvalue weighted by molar-refractivity contribution is 0.171. The Morgan fingerprint density at radius 3 is 2.63 bits per heavy atom. The van der Waals surface area contributed by atoms with Gasteiger partial charge in [-0.3, -0.25) is 0 Å². The fourth-order valence-corrected chi connectivity index (χ4v) is 2.19. The Labute approximate surface area is 112 Å². The number of ether oxygens (including phenoxy) is 2. The Hall–Kier alpha value is -1.94. The predicted octanol–water partition coefficient (Wildman–Crippen LogP) is 2.36. The molecule has 1 aromatic heterocycles. The van der Waals surface area contributed by atoms with Gasteiger partial charge in [0, 0.05) is 6.42 Å². The Kier molecular flexibility index (Phi) is 3.42. The average molecular weight is 259 g/mol. The summed E-state index contributed by atoms with van der Waals surface area (Å²) < 4.78 is 16.8. The molecule has 0 fully saturated rings. The molecule has 1 N–H and O–H groups in total. The van der Waals surface area contributed by atoms with E-state index in [1.165, 1.54) is 0 Å². The molecule has 0 bridgehead atoms. The molecule has 1 aliphatic rings. The summed E-state index contributed by atoms with van der Waals surface area (Å²) in [5.74, 6) is 3.56. The highest BCUT2D eigenvalue weighted by molar-refractivity contribution is 5.44. The second-order valence-corrected chi connectivity index (χ2v) is 4.55. The number of rotatable bonds is 4. The van der Waals surface area contributed by atoms with Crippen molar-refractivity contribution in [3.05, 3.63) is 47.4 Å². The van der Waals surface area contributed by atoms with Gasteiger partial charge >= 0.3 is 0 Å². The summed E-state index contributed by atoms with van der Waals surface area (Å²) in [6.45, 7) is 1.99. The zero-order valence-corrected chi connectivity index (χ0v) is 10.9. The van der Waals surface area contributed by atoms with E-state index in [1.54, 1.807) is 0 Å². The van der Waals surface area contributed by atoms with Crippen molar-refractivity contribution >= 4 is 0 Å². The maximum absolute atomic E-state index is 5.74. The van der Waals surface area contributed by atoms with E-state index in [9.17, 15) is 0 Å². The van der Waals surface area contributed by atoms with Gasteiger partial charge in [-0.2, -0.15) is 0 Å². The van der Waals surface area contributed by atoms with Gasteiger partial charge in [-0.15, -0.1) is 0 Å². The summed E-state index contributed by atoms with van der Waals surface area (Å²) in [7, 11) is 1.91. The van der Waals surface area contributed by atoms with E-state index < -0.39 is 0 Å². The number of fused-ring (bicyclic) bond motifs is 1. The van der Waals surface area contributed by atoms with Crippen LogP contribution in [-0.2, 0) is 13.0 Å². The average Bonchev–Trinajstić information content (AvgIpc) is 2.86. The normalized spacial score (nSPS) is 13.5. The van der Waals surface area contributed by atoms with Crippen LogP contribution in [0, 0.1) is 0 Å². The fourth-order valence-electron chi connectivity index (χ4n) is 2.19. The van der Waals surface area contributed by atoms with Crippen LogP contribution >= 0.6 is 0 Å². The summed E-state index contributed by atoms with van der Waals surface area (Å²) in [5.41, 5.74) is 1.16. The summed E-state index contributed by atoms with van der Waals surface area (Å²) in [6.07, 6.45) is 0.764. The molecule has 0 aliphatic carbocycles. The molecule has 4 heteroatoms.